The van der Waals surface area contributed by atoms with E-state index in [1.165, 1.54) is 24.3 Å². The summed E-state index contributed by atoms with van der Waals surface area (Å²) in [5.74, 6) is -4.95. The molecule has 1 aliphatic rings. The lowest BCUT2D eigenvalue weighted by molar-refractivity contribution is -0.292. The number of hydrogen-bond donors (Lipinski definition) is 4. The van der Waals surface area contributed by atoms with Crippen LogP contribution in [-0.2, 0) is 14.2 Å². The highest BCUT2D eigenvalue weighted by atomic mass is 16.8. The van der Waals surface area contributed by atoms with Crippen LogP contribution in [0, 0.1) is 0 Å². The molecule has 1 fully saturated rings. The van der Waals surface area contributed by atoms with Crippen molar-refractivity contribution in [3.05, 3.63) is 71.8 Å². The van der Waals surface area contributed by atoms with Crippen LogP contribution in [0.4, 0.5) is 0 Å². The minimum Gasteiger partial charge on any atom is -0.429 e. The monoisotopic (exact) mass is 404 g/mol. The van der Waals surface area contributed by atoms with Crippen molar-refractivity contribution in [1.82, 2.24) is 0 Å². The molecular weight excluding hydrogens is 384 g/mol. The predicted octanol–water partition coefficient (Wildman–Crippen LogP) is 0.176. The topological polar surface area (TPSA) is 143 Å². The van der Waals surface area contributed by atoms with Gasteiger partial charge in [-0.1, -0.05) is 36.4 Å². The van der Waals surface area contributed by atoms with Gasteiger partial charge in [-0.25, -0.2) is 9.59 Å². The van der Waals surface area contributed by atoms with Gasteiger partial charge in [0.1, 0.15) is 0 Å². The van der Waals surface area contributed by atoms with Crippen molar-refractivity contribution in [3.63, 3.8) is 0 Å². The van der Waals surface area contributed by atoms with E-state index in [-0.39, 0.29) is 11.1 Å². The second kappa shape index (κ2) is 7.90. The lowest BCUT2D eigenvalue weighted by atomic mass is 9.92. The first-order chi connectivity index (χ1) is 13.7. The molecule has 4 N–H and O–H groups in total. The van der Waals surface area contributed by atoms with Gasteiger partial charge >= 0.3 is 11.9 Å². The van der Waals surface area contributed by atoms with Crippen molar-refractivity contribution in [1.29, 1.82) is 0 Å². The van der Waals surface area contributed by atoms with Crippen molar-refractivity contribution >= 4 is 11.9 Å². The average Bonchev–Trinajstić information content (AvgIpc) is 2.89. The standard InChI is InChI=1S/C20H20O9/c1-19(25)18(24)27-14(17(23)28-15(21)12-8-4-2-5-9-12)20(19,26)29-16(22)13-10-6-3-7-11-13/h2-11,14,17-18,23-26H,1H3/t14-,17?,18-,19+,20+/m1/s1. The molecule has 5 atom stereocenters. The third-order valence-electron chi connectivity index (χ3n) is 4.62. The van der Waals surface area contributed by atoms with Gasteiger partial charge < -0.3 is 34.6 Å². The summed E-state index contributed by atoms with van der Waals surface area (Å²) in [5.41, 5.74) is -2.41. The number of ether oxygens (including phenoxy) is 3. The molecule has 0 aliphatic carbocycles. The summed E-state index contributed by atoms with van der Waals surface area (Å²) in [6.45, 7) is 0.946. The second-order valence-corrected chi connectivity index (χ2v) is 6.67. The van der Waals surface area contributed by atoms with Gasteiger partial charge in [0, 0.05) is 0 Å². The molecule has 9 heteroatoms. The molecule has 2 aromatic carbocycles. The van der Waals surface area contributed by atoms with Gasteiger partial charge in [0.15, 0.2) is 18.0 Å². The van der Waals surface area contributed by atoms with Crippen molar-refractivity contribution in [3.8, 4) is 0 Å². The fourth-order valence-electron chi connectivity index (χ4n) is 2.84. The van der Waals surface area contributed by atoms with Crippen molar-refractivity contribution in [2.75, 3.05) is 0 Å². The molecule has 1 aliphatic heterocycles. The fourth-order valence-corrected chi connectivity index (χ4v) is 2.84. The highest BCUT2D eigenvalue weighted by Crippen LogP contribution is 2.42. The SMILES string of the molecule is C[C@]1(O)[C@H](O)O[C@H](C(O)OC(=O)c2ccccc2)[C@]1(O)OC(=O)c1ccccc1. The number of benzene rings is 2. The lowest BCUT2D eigenvalue weighted by Gasteiger charge is -2.37. The Morgan fingerprint density at radius 1 is 0.966 bits per heavy atom. The van der Waals surface area contributed by atoms with E-state index in [2.05, 4.69) is 0 Å². The van der Waals surface area contributed by atoms with Crippen LogP contribution in [0.2, 0.25) is 0 Å². The quantitative estimate of drug-likeness (QED) is 0.405. The molecule has 0 bridgehead atoms. The van der Waals surface area contributed by atoms with E-state index in [4.69, 9.17) is 14.2 Å². The zero-order valence-electron chi connectivity index (χ0n) is 15.3. The third kappa shape index (κ3) is 3.86. The molecule has 0 spiro atoms. The Morgan fingerprint density at radius 3 is 1.97 bits per heavy atom. The Morgan fingerprint density at radius 2 is 1.45 bits per heavy atom. The molecule has 2 aromatic rings. The highest BCUT2D eigenvalue weighted by Gasteiger charge is 2.69. The van der Waals surface area contributed by atoms with Gasteiger partial charge in [-0.2, -0.15) is 0 Å². The normalized spacial score (nSPS) is 29.8. The van der Waals surface area contributed by atoms with Crippen LogP contribution >= 0.6 is 0 Å². The molecule has 0 amide bonds. The Balaban J connectivity index is 1.84. The van der Waals surface area contributed by atoms with Crippen molar-refractivity contribution in [2.45, 2.75) is 37.0 Å². The van der Waals surface area contributed by atoms with Crippen LogP contribution in [0.25, 0.3) is 0 Å². The zero-order chi connectivity index (χ0) is 21.2. The Bertz CT molecular complexity index is 868. The van der Waals surface area contributed by atoms with E-state index >= 15 is 0 Å². The first-order valence-corrected chi connectivity index (χ1v) is 8.67. The van der Waals surface area contributed by atoms with Gasteiger partial charge in [-0.3, -0.25) is 0 Å². The van der Waals surface area contributed by atoms with Crippen LogP contribution in [0.3, 0.4) is 0 Å². The number of carbonyl (C=O) groups excluding carboxylic acids is 2. The Kier molecular flexibility index (Phi) is 5.69. The van der Waals surface area contributed by atoms with Gasteiger partial charge in [0.05, 0.1) is 11.1 Å². The lowest BCUT2D eigenvalue weighted by Crippen LogP contribution is -2.62. The van der Waals surface area contributed by atoms with Crippen molar-refractivity contribution in [2.24, 2.45) is 0 Å². The van der Waals surface area contributed by atoms with E-state index in [9.17, 15) is 30.0 Å². The van der Waals surface area contributed by atoms with Gasteiger partial charge in [0.25, 0.3) is 5.79 Å². The van der Waals surface area contributed by atoms with E-state index < -0.39 is 42.0 Å². The number of rotatable bonds is 5. The average molecular weight is 404 g/mol. The molecule has 1 unspecified atom stereocenters. The summed E-state index contributed by atoms with van der Waals surface area (Å²) in [6.07, 6.45) is -6.22. The van der Waals surface area contributed by atoms with E-state index in [0.717, 1.165) is 6.92 Å². The van der Waals surface area contributed by atoms with Crippen molar-refractivity contribution < 1.29 is 44.2 Å². The van der Waals surface area contributed by atoms with Gasteiger partial charge in [0.2, 0.25) is 6.29 Å². The molecule has 3 rings (SSSR count). The van der Waals surface area contributed by atoms with E-state index in [0.29, 0.717) is 0 Å². The van der Waals surface area contributed by atoms with E-state index in [1.54, 1.807) is 36.4 Å². The zero-order valence-corrected chi connectivity index (χ0v) is 15.3. The van der Waals surface area contributed by atoms with Crippen LogP contribution in [-0.4, -0.2) is 62.4 Å². The molecule has 0 saturated carbocycles. The van der Waals surface area contributed by atoms with E-state index in [1.807, 2.05) is 0 Å². The van der Waals surface area contributed by atoms with Crippen LogP contribution < -0.4 is 0 Å². The Hall–Kier alpha value is -2.82. The van der Waals surface area contributed by atoms with Crippen LogP contribution in [0.1, 0.15) is 27.6 Å². The molecule has 1 heterocycles. The largest absolute Gasteiger partial charge is 0.429 e. The smallest absolute Gasteiger partial charge is 0.340 e. The summed E-state index contributed by atoms with van der Waals surface area (Å²) in [6, 6.07) is 15.2. The molecule has 154 valence electrons. The number of carbonyl (C=O) groups is 2. The number of hydrogen-bond acceptors (Lipinski definition) is 9. The van der Waals surface area contributed by atoms with Crippen LogP contribution in [0.5, 0.6) is 0 Å². The minimum absolute atomic E-state index is 0.0348. The maximum absolute atomic E-state index is 12.4. The predicted molar refractivity (Wildman–Crippen MR) is 96.2 cm³/mol. The summed E-state index contributed by atoms with van der Waals surface area (Å²) in [5, 5.41) is 41.7. The molecule has 9 nitrogen and oxygen atoms in total. The molecule has 0 radical (unpaired) electrons. The Labute approximate surface area is 165 Å². The van der Waals surface area contributed by atoms with Crippen LogP contribution in [0.15, 0.2) is 60.7 Å². The molecule has 1 saturated heterocycles. The number of aliphatic hydroxyl groups excluding tert-OH is 2. The second-order valence-electron chi connectivity index (χ2n) is 6.67. The number of aliphatic hydroxyl groups is 4. The van der Waals surface area contributed by atoms with Gasteiger partial charge in [-0.15, -0.1) is 0 Å². The fraction of sp³-hybridized carbons (Fsp3) is 0.300. The first-order valence-electron chi connectivity index (χ1n) is 8.67. The molecule has 29 heavy (non-hydrogen) atoms. The molecular formula is C20H20O9. The highest BCUT2D eigenvalue weighted by molar-refractivity contribution is 5.90. The maximum atomic E-state index is 12.4. The minimum atomic E-state index is -2.93. The first kappa shape index (κ1) is 20.9. The summed E-state index contributed by atoms with van der Waals surface area (Å²) >= 11 is 0. The van der Waals surface area contributed by atoms with Gasteiger partial charge in [-0.05, 0) is 31.2 Å². The maximum Gasteiger partial charge on any atom is 0.340 e. The summed E-state index contributed by atoms with van der Waals surface area (Å²) < 4.78 is 14.9. The molecule has 0 aromatic heterocycles. The third-order valence-corrected chi connectivity index (χ3v) is 4.62. The number of esters is 2. The summed E-state index contributed by atoms with van der Waals surface area (Å²) in [7, 11) is 0. The summed E-state index contributed by atoms with van der Waals surface area (Å²) in [4.78, 5) is 24.5.